The van der Waals surface area contributed by atoms with Crippen LogP contribution in [0.25, 0.3) is 0 Å². The molecule has 0 spiro atoms. The molecule has 1 aliphatic rings. The quantitative estimate of drug-likeness (QED) is 0.662. The normalized spacial score (nSPS) is 20.5. The molecule has 0 aromatic carbocycles. The Labute approximate surface area is 75.5 Å². The molecule has 0 amide bonds. The Hall–Kier alpha value is -0.0800. The Kier molecular flexibility index (Phi) is 4.62. The maximum Gasteiger partial charge on any atom is 0.0589 e. The van der Waals surface area contributed by atoms with Crippen molar-refractivity contribution >= 4 is 0 Å². The summed E-state index contributed by atoms with van der Waals surface area (Å²) in [5.41, 5.74) is 5.51. The summed E-state index contributed by atoms with van der Waals surface area (Å²) in [6, 6.07) is 0. The highest BCUT2D eigenvalue weighted by Crippen LogP contribution is 2.31. The molecule has 0 aromatic rings. The van der Waals surface area contributed by atoms with Crippen molar-refractivity contribution in [1.29, 1.82) is 0 Å². The Bertz CT molecular complexity index is 106. The van der Waals surface area contributed by atoms with E-state index in [1.54, 1.807) is 0 Å². The SMILES string of the molecule is CCOC(CCN)CC1CCC1. The summed E-state index contributed by atoms with van der Waals surface area (Å²) >= 11 is 0. The van der Waals surface area contributed by atoms with Gasteiger partial charge in [-0.2, -0.15) is 0 Å². The summed E-state index contributed by atoms with van der Waals surface area (Å²) in [6.07, 6.45) is 6.95. The van der Waals surface area contributed by atoms with E-state index >= 15 is 0 Å². The second kappa shape index (κ2) is 5.55. The van der Waals surface area contributed by atoms with Crippen molar-refractivity contribution in [3.05, 3.63) is 0 Å². The molecule has 1 rings (SSSR count). The lowest BCUT2D eigenvalue weighted by molar-refractivity contribution is 0.0304. The molecule has 0 radical (unpaired) electrons. The van der Waals surface area contributed by atoms with Gasteiger partial charge >= 0.3 is 0 Å². The molecule has 2 heteroatoms. The first-order valence-corrected chi connectivity index (χ1v) is 5.18. The third kappa shape index (κ3) is 3.11. The van der Waals surface area contributed by atoms with Crippen LogP contribution in [-0.2, 0) is 4.74 Å². The van der Waals surface area contributed by atoms with Gasteiger partial charge in [0.1, 0.15) is 0 Å². The second-order valence-corrected chi connectivity index (χ2v) is 3.69. The van der Waals surface area contributed by atoms with Crippen LogP contribution in [0.3, 0.4) is 0 Å². The monoisotopic (exact) mass is 171 g/mol. The van der Waals surface area contributed by atoms with E-state index in [1.165, 1.54) is 25.7 Å². The number of ether oxygens (including phenoxy) is 1. The van der Waals surface area contributed by atoms with Crippen molar-refractivity contribution < 1.29 is 4.74 Å². The van der Waals surface area contributed by atoms with Crippen LogP contribution in [-0.4, -0.2) is 19.3 Å². The molecule has 1 fully saturated rings. The molecule has 12 heavy (non-hydrogen) atoms. The Balaban J connectivity index is 2.11. The minimum absolute atomic E-state index is 0.435. The zero-order chi connectivity index (χ0) is 8.81. The standard InChI is InChI=1S/C10H21NO/c1-2-12-10(6-7-11)8-9-4-3-5-9/h9-10H,2-8,11H2,1H3. The Morgan fingerprint density at radius 3 is 2.67 bits per heavy atom. The van der Waals surface area contributed by atoms with Crippen molar-refractivity contribution in [2.24, 2.45) is 11.7 Å². The van der Waals surface area contributed by atoms with Gasteiger partial charge in [0.2, 0.25) is 0 Å². The maximum absolute atomic E-state index is 5.61. The van der Waals surface area contributed by atoms with E-state index < -0.39 is 0 Å². The van der Waals surface area contributed by atoms with Gasteiger partial charge in [0.25, 0.3) is 0 Å². The topological polar surface area (TPSA) is 35.2 Å². The van der Waals surface area contributed by atoms with Gasteiger partial charge in [-0.1, -0.05) is 19.3 Å². The lowest BCUT2D eigenvalue weighted by Crippen LogP contribution is -2.24. The average molecular weight is 171 g/mol. The molecule has 2 nitrogen and oxygen atoms in total. The Morgan fingerprint density at radius 1 is 1.50 bits per heavy atom. The van der Waals surface area contributed by atoms with E-state index in [4.69, 9.17) is 10.5 Å². The summed E-state index contributed by atoms with van der Waals surface area (Å²) in [4.78, 5) is 0. The molecule has 1 atom stereocenters. The minimum atomic E-state index is 0.435. The summed E-state index contributed by atoms with van der Waals surface area (Å²) in [5, 5.41) is 0. The van der Waals surface area contributed by atoms with Gasteiger partial charge in [-0.05, 0) is 32.2 Å². The molecule has 0 heterocycles. The molecule has 0 saturated heterocycles. The highest BCUT2D eigenvalue weighted by Gasteiger charge is 2.21. The maximum atomic E-state index is 5.61. The fourth-order valence-electron chi connectivity index (χ4n) is 1.79. The summed E-state index contributed by atoms with van der Waals surface area (Å²) in [6.45, 7) is 3.65. The fraction of sp³-hybridized carbons (Fsp3) is 1.00. The van der Waals surface area contributed by atoms with Gasteiger partial charge in [0.15, 0.2) is 0 Å². The third-order valence-corrected chi connectivity index (χ3v) is 2.71. The van der Waals surface area contributed by atoms with E-state index in [1.807, 2.05) is 0 Å². The second-order valence-electron chi connectivity index (χ2n) is 3.69. The third-order valence-electron chi connectivity index (χ3n) is 2.71. The first-order valence-electron chi connectivity index (χ1n) is 5.18. The fourth-order valence-corrected chi connectivity index (χ4v) is 1.79. The molecule has 0 bridgehead atoms. The zero-order valence-electron chi connectivity index (χ0n) is 8.09. The van der Waals surface area contributed by atoms with Gasteiger partial charge in [0.05, 0.1) is 6.10 Å². The van der Waals surface area contributed by atoms with Gasteiger partial charge in [0, 0.05) is 6.61 Å². The highest BCUT2D eigenvalue weighted by atomic mass is 16.5. The molecule has 2 N–H and O–H groups in total. The largest absolute Gasteiger partial charge is 0.378 e. The molecular formula is C10H21NO. The van der Waals surface area contributed by atoms with Crippen LogP contribution in [0.1, 0.15) is 39.0 Å². The van der Waals surface area contributed by atoms with Crippen LogP contribution >= 0.6 is 0 Å². The molecule has 1 saturated carbocycles. The highest BCUT2D eigenvalue weighted by molar-refractivity contribution is 4.74. The molecule has 72 valence electrons. The van der Waals surface area contributed by atoms with E-state index in [0.29, 0.717) is 6.10 Å². The van der Waals surface area contributed by atoms with E-state index in [-0.39, 0.29) is 0 Å². The predicted molar refractivity (Wildman–Crippen MR) is 51.0 cm³/mol. The van der Waals surface area contributed by atoms with Crippen LogP contribution in [0.15, 0.2) is 0 Å². The zero-order valence-corrected chi connectivity index (χ0v) is 8.09. The summed E-state index contributed by atoms with van der Waals surface area (Å²) < 4.78 is 5.61. The van der Waals surface area contributed by atoms with Crippen molar-refractivity contribution in [3.63, 3.8) is 0 Å². The number of nitrogens with two attached hydrogens (primary N) is 1. The molecule has 1 aliphatic carbocycles. The van der Waals surface area contributed by atoms with Crippen LogP contribution in [0.2, 0.25) is 0 Å². The van der Waals surface area contributed by atoms with Crippen LogP contribution in [0, 0.1) is 5.92 Å². The van der Waals surface area contributed by atoms with Crippen LogP contribution in [0.4, 0.5) is 0 Å². The van der Waals surface area contributed by atoms with Crippen molar-refractivity contribution in [2.45, 2.75) is 45.1 Å². The lowest BCUT2D eigenvalue weighted by Gasteiger charge is -2.29. The first kappa shape index (κ1) is 10.0. The molecule has 1 unspecified atom stereocenters. The molecular weight excluding hydrogens is 150 g/mol. The van der Waals surface area contributed by atoms with Crippen molar-refractivity contribution in [2.75, 3.05) is 13.2 Å². The molecule has 0 aromatic heterocycles. The van der Waals surface area contributed by atoms with Crippen LogP contribution in [0.5, 0.6) is 0 Å². The number of hydrogen-bond acceptors (Lipinski definition) is 2. The first-order chi connectivity index (χ1) is 5.86. The predicted octanol–water partition coefficient (Wildman–Crippen LogP) is 1.93. The van der Waals surface area contributed by atoms with E-state index in [2.05, 4.69) is 6.92 Å². The van der Waals surface area contributed by atoms with E-state index in [0.717, 1.165) is 25.5 Å². The smallest absolute Gasteiger partial charge is 0.0589 e. The molecule has 0 aliphatic heterocycles. The van der Waals surface area contributed by atoms with Gasteiger partial charge in [-0.15, -0.1) is 0 Å². The van der Waals surface area contributed by atoms with Crippen molar-refractivity contribution in [3.8, 4) is 0 Å². The van der Waals surface area contributed by atoms with Crippen molar-refractivity contribution in [1.82, 2.24) is 0 Å². The summed E-state index contributed by atoms with van der Waals surface area (Å²) in [5.74, 6) is 0.938. The number of rotatable bonds is 6. The van der Waals surface area contributed by atoms with Gasteiger partial charge < -0.3 is 10.5 Å². The van der Waals surface area contributed by atoms with Crippen LogP contribution < -0.4 is 5.73 Å². The lowest BCUT2D eigenvalue weighted by atomic mass is 9.81. The summed E-state index contributed by atoms with van der Waals surface area (Å²) in [7, 11) is 0. The van der Waals surface area contributed by atoms with Gasteiger partial charge in [-0.25, -0.2) is 0 Å². The number of hydrogen-bond donors (Lipinski definition) is 1. The average Bonchev–Trinajstić information content (AvgIpc) is 1.97. The minimum Gasteiger partial charge on any atom is -0.378 e. The Morgan fingerprint density at radius 2 is 2.25 bits per heavy atom. The van der Waals surface area contributed by atoms with E-state index in [9.17, 15) is 0 Å². The van der Waals surface area contributed by atoms with Gasteiger partial charge in [-0.3, -0.25) is 0 Å².